The summed E-state index contributed by atoms with van der Waals surface area (Å²) in [6.45, 7) is 3.93. The van der Waals surface area contributed by atoms with Crippen LogP contribution >= 0.6 is 15.9 Å². The zero-order valence-electron chi connectivity index (χ0n) is 15.1. The van der Waals surface area contributed by atoms with E-state index in [1.807, 2.05) is 25.1 Å². The molecule has 1 aliphatic heterocycles. The Bertz CT molecular complexity index is 825. The van der Waals surface area contributed by atoms with E-state index >= 15 is 0 Å². The summed E-state index contributed by atoms with van der Waals surface area (Å²) in [5.41, 5.74) is 3.71. The van der Waals surface area contributed by atoms with Crippen molar-refractivity contribution in [3.63, 3.8) is 0 Å². The van der Waals surface area contributed by atoms with E-state index in [0.717, 1.165) is 34.3 Å². The Kier molecular flexibility index (Phi) is 5.51. The molecule has 1 aromatic rings. The van der Waals surface area contributed by atoms with E-state index in [1.165, 1.54) is 0 Å². The maximum Gasteiger partial charge on any atom is 0.336 e. The van der Waals surface area contributed by atoms with E-state index in [0.29, 0.717) is 23.3 Å². The number of benzene rings is 1. The Morgan fingerprint density at radius 1 is 1.35 bits per heavy atom. The fraction of sp³-hybridized carbons (Fsp3) is 0.400. The van der Waals surface area contributed by atoms with Gasteiger partial charge in [0.1, 0.15) is 5.75 Å². The number of dihydropyridines is 1. The molecule has 26 heavy (non-hydrogen) atoms. The van der Waals surface area contributed by atoms with E-state index in [9.17, 15) is 9.59 Å². The second kappa shape index (κ2) is 7.66. The molecule has 1 atom stereocenters. The molecular formula is C20H22BrNO4. The summed E-state index contributed by atoms with van der Waals surface area (Å²) in [6, 6.07) is 5.65. The van der Waals surface area contributed by atoms with Gasteiger partial charge in [-0.25, -0.2) is 4.79 Å². The fourth-order valence-corrected chi connectivity index (χ4v) is 4.22. The third-order valence-corrected chi connectivity index (χ3v) is 5.40. The second-order valence-electron chi connectivity index (χ2n) is 6.38. The molecule has 5 nitrogen and oxygen atoms in total. The number of methoxy groups -OCH3 is 1. The molecule has 0 radical (unpaired) electrons. The van der Waals surface area contributed by atoms with Gasteiger partial charge in [-0.05, 0) is 60.3 Å². The van der Waals surface area contributed by atoms with Gasteiger partial charge in [0.2, 0.25) is 0 Å². The predicted molar refractivity (Wildman–Crippen MR) is 102 cm³/mol. The van der Waals surface area contributed by atoms with Crippen molar-refractivity contribution in [3.8, 4) is 5.75 Å². The number of halogens is 1. The lowest BCUT2D eigenvalue weighted by atomic mass is 9.75. The first-order valence-corrected chi connectivity index (χ1v) is 9.51. The lowest BCUT2D eigenvalue weighted by Gasteiger charge is -2.34. The van der Waals surface area contributed by atoms with Crippen LogP contribution in [0.4, 0.5) is 0 Å². The van der Waals surface area contributed by atoms with E-state index in [1.54, 1.807) is 14.0 Å². The maximum absolute atomic E-state index is 12.7. The quantitative estimate of drug-likeness (QED) is 0.747. The number of allylic oxidation sites excluding steroid dienone is 3. The van der Waals surface area contributed by atoms with Crippen LogP contribution in [0.3, 0.4) is 0 Å². The third kappa shape index (κ3) is 3.30. The number of carbonyl (C=O) groups is 2. The fourth-order valence-electron chi connectivity index (χ4n) is 3.66. The summed E-state index contributed by atoms with van der Waals surface area (Å²) in [6.07, 6.45) is 2.14. The van der Waals surface area contributed by atoms with Crippen LogP contribution in [0.1, 0.15) is 44.6 Å². The van der Waals surface area contributed by atoms with Gasteiger partial charge in [-0.1, -0.05) is 6.07 Å². The highest BCUT2D eigenvalue weighted by Crippen LogP contribution is 2.43. The number of Topliss-reactive ketones (excluding diaryl/α,β-unsaturated/α-hetero) is 1. The smallest absolute Gasteiger partial charge is 0.336 e. The van der Waals surface area contributed by atoms with Gasteiger partial charge in [-0.15, -0.1) is 0 Å². The third-order valence-electron chi connectivity index (χ3n) is 4.78. The molecule has 0 spiro atoms. The van der Waals surface area contributed by atoms with Gasteiger partial charge in [0.25, 0.3) is 0 Å². The highest BCUT2D eigenvalue weighted by Gasteiger charge is 2.39. The molecule has 1 heterocycles. The number of ether oxygens (including phenoxy) is 2. The molecule has 138 valence electrons. The minimum atomic E-state index is -0.430. The lowest BCUT2D eigenvalue weighted by molar-refractivity contribution is -0.138. The summed E-state index contributed by atoms with van der Waals surface area (Å²) >= 11 is 3.51. The number of carbonyl (C=O) groups excluding carboxylic acids is 2. The van der Waals surface area contributed by atoms with Gasteiger partial charge in [0, 0.05) is 29.3 Å². The summed E-state index contributed by atoms with van der Waals surface area (Å²) in [5, 5.41) is 3.28. The molecule has 0 aromatic heterocycles. The normalized spacial score (nSPS) is 19.8. The van der Waals surface area contributed by atoms with E-state index < -0.39 is 5.92 Å². The van der Waals surface area contributed by atoms with Crippen LogP contribution in [0.15, 0.2) is 45.2 Å². The topological polar surface area (TPSA) is 64.6 Å². The molecule has 1 N–H and O–H groups in total. The van der Waals surface area contributed by atoms with Gasteiger partial charge < -0.3 is 14.8 Å². The molecule has 1 aliphatic carbocycles. The molecule has 1 unspecified atom stereocenters. The van der Waals surface area contributed by atoms with Crippen molar-refractivity contribution in [2.75, 3.05) is 13.7 Å². The Balaban J connectivity index is 2.17. The SMILES string of the molecule is CCOC(=O)C1=C(C)NC2=C(C(=O)CCC2)C1c1ccc(OC)c(Br)c1. The van der Waals surface area contributed by atoms with Crippen molar-refractivity contribution < 1.29 is 19.1 Å². The lowest BCUT2D eigenvalue weighted by Crippen LogP contribution is -2.34. The molecule has 6 heteroatoms. The van der Waals surface area contributed by atoms with Crippen LogP contribution < -0.4 is 10.1 Å². The standard InChI is InChI=1S/C20H22BrNO4/c1-4-26-20(24)17-11(2)22-14-6-5-7-15(23)19(14)18(17)12-8-9-16(25-3)13(21)10-12/h8-10,18,22H,4-7H2,1-3H3. The largest absolute Gasteiger partial charge is 0.496 e. The maximum atomic E-state index is 12.7. The van der Waals surface area contributed by atoms with Crippen molar-refractivity contribution in [1.82, 2.24) is 5.32 Å². The summed E-state index contributed by atoms with van der Waals surface area (Å²) in [7, 11) is 1.60. The van der Waals surface area contributed by atoms with Gasteiger partial charge in [0.05, 0.1) is 23.8 Å². The molecule has 0 bridgehead atoms. The Morgan fingerprint density at radius 3 is 2.77 bits per heavy atom. The van der Waals surface area contributed by atoms with Crippen LogP contribution in [-0.2, 0) is 14.3 Å². The molecule has 0 saturated heterocycles. The van der Waals surface area contributed by atoms with Gasteiger partial charge in [-0.2, -0.15) is 0 Å². The van der Waals surface area contributed by atoms with E-state index in [-0.39, 0.29) is 18.4 Å². The number of esters is 1. The highest BCUT2D eigenvalue weighted by atomic mass is 79.9. The van der Waals surface area contributed by atoms with Crippen molar-refractivity contribution >= 4 is 27.7 Å². The molecule has 3 rings (SSSR count). The number of hydrogen-bond donors (Lipinski definition) is 1. The average Bonchev–Trinajstić information content (AvgIpc) is 2.60. The van der Waals surface area contributed by atoms with Crippen molar-refractivity contribution in [1.29, 1.82) is 0 Å². The molecule has 0 fully saturated rings. The summed E-state index contributed by atoms with van der Waals surface area (Å²) < 4.78 is 11.4. The Morgan fingerprint density at radius 2 is 2.12 bits per heavy atom. The number of nitrogens with one attached hydrogen (secondary N) is 1. The van der Waals surface area contributed by atoms with Crippen LogP contribution in [-0.4, -0.2) is 25.5 Å². The molecular weight excluding hydrogens is 398 g/mol. The second-order valence-corrected chi connectivity index (χ2v) is 7.23. The van der Waals surface area contributed by atoms with Crippen LogP contribution in [0, 0.1) is 0 Å². The predicted octanol–water partition coefficient (Wildman–Crippen LogP) is 3.99. The zero-order chi connectivity index (χ0) is 18.8. The van der Waals surface area contributed by atoms with Gasteiger partial charge >= 0.3 is 5.97 Å². The first-order chi connectivity index (χ1) is 12.5. The molecule has 2 aliphatic rings. The minimum absolute atomic E-state index is 0.0880. The number of rotatable bonds is 4. The number of hydrogen-bond acceptors (Lipinski definition) is 5. The van der Waals surface area contributed by atoms with E-state index in [4.69, 9.17) is 9.47 Å². The molecule has 1 aromatic carbocycles. The monoisotopic (exact) mass is 419 g/mol. The van der Waals surface area contributed by atoms with Gasteiger partial charge in [0.15, 0.2) is 5.78 Å². The minimum Gasteiger partial charge on any atom is -0.496 e. The Hall–Kier alpha value is -2.08. The van der Waals surface area contributed by atoms with Crippen LogP contribution in [0.5, 0.6) is 5.75 Å². The van der Waals surface area contributed by atoms with Gasteiger partial charge in [-0.3, -0.25) is 4.79 Å². The zero-order valence-corrected chi connectivity index (χ0v) is 16.7. The molecule has 0 amide bonds. The summed E-state index contributed by atoms with van der Waals surface area (Å²) in [5.74, 6) is -0.0325. The number of ketones is 1. The summed E-state index contributed by atoms with van der Waals surface area (Å²) in [4.78, 5) is 25.4. The first kappa shape index (κ1) is 18.7. The average molecular weight is 420 g/mol. The highest BCUT2D eigenvalue weighted by molar-refractivity contribution is 9.10. The first-order valence-electron chi connectivity index (χ1n) is 8.72. The van der Waals surface area contributed by atoms with Crippen LogP contribution in [0.25, 0.3) is 0 Å². The van der Waals surface area contributed by atoms with Crippen molar-refractivity contribution in [2.24, 2.45) is 0 Å². The molecule has 0 saturated carbocycles. The van der Waals surface area contributed by atoms with Crippen molar-refractivity contribution in [3.05, 3.63) is 50.8 Å². The van der Waals surface area contributed by atoms with Crippen molar-refractivity contribution in [2.45, 2.75) is 39.0 Å². The van der Waals surface area contributed by atoms with E-state index in [2.05, 4.69) is 21.2 Å². The van der Waals surface area contributed by atoms with Crippen LogP contribution in [0.2, 0.25) is 0 Å². The Labute approximate surface area is 161 Å².